The summed E-state index contributed by atoms with van der Waals surface area (Å²) >= 11 is 0. The SMILES string of the molecule is CC1(C2=C[C@@H]3COC(=O)[C@@H]3CC2)CCCCC1. The quantitative estimate of drug-likeness (QED) is 0.513. The number of hydrogen-bond acceptors (Lipinski definition) is 2. The van der Waals surface area contributed by atoms with Gasteiger partial charge < -0.3 is 4.74 Å². The van der Waals surface area contributed by atoms with Gasteiger partial charge in [-0.05, 0) is 31.1 Å². The van der Waals surface area contributed by atoms with E-state index in [1.54, 1.807) is 5.57 Å². The van der Waals surface area contributed by atoms with Crippen LogP contribution in [0, 0.1) is 17.3 Å². The molecule has 94 valence electrons. The molecule has 0 N–H and O–H groups in total. The van der Waals surface area contributed by atoms with Crippen LogP contribution in [-0.4, -0.2) is 12.6 Å². The molecule has 0 aromatic heterocycles. The Labute approximate surface area is 103 Å². The highest BCUT2D eigenvalue weighted by molar-refractivity contribution is 5.75. The molecule has 1 saturated heterocycles. The molecule has 1 saturated carbocycles. The first-order chi connectivity index (χ1) is 8.19. The minimum atomic E-state index is 0.0408. The molecule has 0 aromatic rings. The summed E-state index contributed by atoms with van der Waals surface area (Å²) < 4.78 is 5.18. The maximum Gasteiger partial charge on any atom is 0.309 e. The van der Waals surface area contributed by atoms with Crippen molar-refractivity contribution in [3.8, 4) is 0 Å². The third kappa shape index (κ3) is 1.92. The lowest BCUT2D eigenvalue weighted by molar-refractivity contribution is -0.141. The number of carbonyl (C=O) groups excluding carboxylic acids is 1. The summed E-state index contributed by atoms with van der Waals surface area (Å²) in [6, 6.07) is 0. The van der Waals surface area contributed by atoms with Crippen LogP contribution >= 0.6 is 0 Å². The smallest absolute Gasteiger partial charge is 0.309 e. The van der Waals surface area contributed by atoms with Gasteiger partial charge in [0.15, 0.2) is 0 Å². The van der Waals surface area contributed by atoms with Crippen molar-refractivity contribution in [2.45, 2.75) is 51.9 Å². The summed E-state index contributed by atoms with van der Waals surface area (Å²) in [6.07, 6.45) is 11.4. The van der Waals surface area contributed by atoms with E-state index >= 15 is 0 Å². The summed E-state index contributed by atoms with van der Waals surface area (Å²) in [6.45, 7) is 3.05. The molecular weight excluding hydrogens is 212 g/mol. The van der Waals surface area contributed by atoms with E-state index < -0.39 is 0 Å². The fraction of sp³-hybridized carbons (Fsp3) is 0.800. The van der Waals surface area contributed by atoms with Gasteiger partial charge in [-0.3, -0.25) is 4.79 Å². The largest absolute Gasteiger partial charge is 0.465 e. The van der Waals surface area contributed by atoms with E-state index in [2.05, 4.69) is 13.0 Å². The van der Waals surface area contributed by atoms with Crippen LogP contribution < -0.4 is 0 Å². The first-order valence-electron chi connectivity index (χ1n) is 7.07. The molecule has 2 heteroatoms. The minimum Gasteiger partial charge on any atom is -0.465 e. The van der Waals surface area contributed by atoms with Crippen LogP contribution in [0.4, 0.5) is 0 Å². The lowest BCUT2D eigenvalue weighted by Gasteiger charge is -2.39. The Morgan fingerprint density at radius 1 is 1.29 bits per heavy atom. The number of hydrogen-bond donors (Lipinski definition) is 0. The maximum absolute atomic E-state index is 11.5. The molecule has 0 bridgehead atoms. The Morgan fingerprint density at radius 2 is 2.06 bits per heavy atom. The Balaban J connectivity index is 1.80. The van der Waals surface area contributed by atoms with Gasteiger partial charge in [0.25, 0.3) is 0 Å². The predicted molar refractivity (Wildman–Crippen MR) is 66.4 cm³/mol. The summed E-state index contributed by atoms with van der Waals surface area (Å²) in [7, 11) is 0. The van der Waals surface area contributed by atoms with Gasteiger partial charge in [-0.15, -0.1) is 0 Å². The average Bonchev–Trinajstić information content (AvgIpc) is 2.72. The molecule has 2 fully saturated rings. The van der Waals surface area contributed by atoms with Gasteiger partial charge in [-0.25, -0.2) is 0 Å². The molecular formula is C15H22O2. The molecule has 3 rings (SSSR count). The highest BCUT2D eigenvalue weighted by Gasteiger charge is 2.41. The van der Waals surface area contributed by atoms with E-state index in [1.165, 1.54) is 32.1 Å². The Hall–Kier alpha value is -0.790. The van der Waals surface area contributed by atoms with Crippen molar-refractivity contribution >= 4 is 5.97 Å². The number of cyclic esters (lactones) is 1. The molecule has 0 unspecified atom stereocenters. The van der Waals surface area contributed by atoms with Crippen LogP contribution in [0.5, 0.6) is 0 Å². The Bertz CT molecular complexity index is 350. The molecule has 0 amide bonds. The van der Waals surface area contributed by atoms with E-state index in [0.29, 0.717) is 17.9 Å². The third-order valence-electron chi connectivity index (χ3n) is 5.11. The first kappa shape index (κ1) is 11.3. The van der Waals surface area contributed by atoms with Crippen molar-refractivity contribution in [3.63, 3.8) is 0 Å². The molecule has 3 aliphatic rings. The second-order valence-electron chi connectivity index (χ2n) is 6.25. The first-order valence-corrected chi connectivity index (χ1v) is 7.07. The zero-order valence-corrected chi connectivity index (χ0v) is 10.7. The highest BCUT2D eigenvalue weighted by Crippen LogP contribution is 2.48. The summed E-state index contributed by atoms with van der Waals surface area (Å²) in [5.41, 5.74) is 2.05. The van der Waals surface area contributed by atoms with E-state index in [4.69, 9.17) is 4.74 Å². The molecule has 0 spiro atoms. The molecule has 0 radical (unpaired) electrons. The van der Waals surface area contributed by atoms with E-state index in [0.717, 1.165) is 12.8 Å². The standard InChI is InChI=1S/C15H22O2/c1-15(7-3-2-4-8-15)12-5-6-13-11(9-12)10-17-14(13)16/h9,11,13H,2-8,10H2,1H3/t11-,13-/m1/s1. The second kappa shape index (κ2) is 4.15. The number of fused-ring (bicyclic) bond motifs is 1. The van der Waals surface area contributed by atoms with Crippen LogP contribution in [-0.2, 0) is 9.53 Å². The number of carbonyl (C=O) groups is 1. The summed E-state index contributed by atoms with van der Waals surface area (Å²) in [5.74, 6) is 0.593. The van der Waals surface area contributed by atoms with Crippen LogP contribution in [0.15, 0.2) is 11.6 Å². The molecule has 1 heterocycles. The van der Waals surface area contributed by atoms with Crippen molar-refractivity contribution in [1.29, 1.82) is 0 Å². The topological polar surface area (TPSA) is 26.3 Å². The fourth-order valence-corrected chi connectivity index (χ4v) is 3.88. The lowest BCUT2D eigenvalue weighted by atomic mass is 9.66. The van der Waals surface area contributed by atoms with Crippen LogP contribution in [0.25, 0.3) is 0 Å². The number of esters is 1. The highest BCUT2D eigenvalue weighted by atomic mass is 16.5. The molecule has 17 heavy (non-hydrogen) atoms. The van der Waals surface area contributed by atoms with Gasteiger partial charge in [-0.2, -0.15) is 0 Å². The van der Waals surface area contributed by atoms with Crippen molar-refractivity contribution < 1.29 is 9.53 Å². The molecule has 2 nitrogen and oxygen atoms in total. The average molecular weight is 234 g/mol. The second-order valence-corrected chi connectivity index (χ2v) is 6.25. The predicted octanol–water partition coefficient (Wildman–Crippen LogP) is 3.47. The van der Waals surface area contributed by atoms with Gasteiger partial charge in [0.2, 0.25) is 0 Å². The Morgan fingerprint density at radius 3 is 2.82 bits per heavy atom. The van der Waals surface area contributed by atoms with E-state index in [9.17, 15) is 4.79 Å². The van der Waals surface area contributed by atoms with Crippen molar-refractivity contribution in [3.05, 3.63) is 11.6 Å². The van der Waals surface area contributed by atoms with Crippen LogP contribution in [0.3, 0.4) is 0 Å². The fourth-order valence-electron chi connectivity index (χ4n) is 3.88. The van der Waals surface area contributed by atoms with Crippen molar-refractivity contribution in [2.75, 3.05) is 6.61 Å². The monoisotopic (exact) mass is 234 g/mol. The summed E-state index contributed by atoms with van der Waals surface area (Å²) in [4.78, 5) is 11.5. The van der Waals surface area contributed by atoms with E-state index in [-0.39, 0.29) is 11.9 Å². The minimum absolute atomic E-state index is 0.0408. The number of allylic oxidation sites excluding steroid dienone is 1. The maximum atomic E-state index is 11.5. The zero-order valence-electron chi connectivity index (χ0n) is 10.7. The number of rotatable bonds is 1. The van der Waals surface area contributed by atoms with Gasteiger partial charge in [-0.1, -0.05) is 37.8 Å². The van der Waals surface area contributed by atoms with Crippen molar-refractivity contribution in [2.24, 2.45) is 17.3 Å². The summed E-state index contributed by atoms with van der Waals surface area (Å²) in [5, 5.41) is 0. The van der Waals surface area contributed by atoms with Gasteiger partial charge in [0.1, 0.15) is 0 Å². The normalized spacial score (nSPS) is 36.1. The molecule has 0 aromatic carbocycles. The van der Waals surface area contributed by atoms with Gasteiger partial charge >= 0.3 is 5.97 Å². The Kier molecular flexibility index (Phi) is 2.76. The van der Waals surface area contributed by atoms with Crippen LogP contribution in [0.1, 0.15) is 51.9 Å². The van der Waals surface area contributed by atoms with Gasteiger partial charge in [0, 0.05) is 5.92 Å². The number of ether oxygens (including phenoxy) is 1. The van der Waals surface area contributed by atoms with Gasteiger partial charge in [0.05, 0.1) is 12.5 Å². The molecule has 1 aliphatic heterocycles. The third-order valence-corrected chi connectivity index (χ3v) is 5.11. The van der Waals surface area contributed by atoms with Crippen molar-refractivity contribution in [1.82, 2.24) is 0 Å². The lowest BCUT2D eigenvalue weighted by Crippen LogP contribution is -2.28. The molecule has 2 atom stereocenters. The van der Waals surface area contributed by atoms with E-state index in [1.807, 2.05) is 0 Å². The molecule has 2 aliphatic carbocycles. The zero-order chi connectivity index (χ0) is 11.9. The van der Waals surface area contributed by atoms with Crippen LogP contribution in [0.2, 0.25) is 0 Å².